The SMILES string of the molecule is CCC(=O)c1cc(SC)ccc1C(F)F. The molecular weight excluding hydrogens is 218 g/mol. The van der Waals surface area contributed by atoms with Gasteiger partial charge in [-0.2, -0.15) is 0 Å². The Kier molecular flexibility index (Phi) is 4.27. The van der Waals surface area contributed by atoms with Crippen LogP contribution in [-0.4, -0.2) is 12.0 Å². The second-order valence-electron chi connectivity index (χ2n) is 3.03. The van der Waals surface area contributed by atoms with Crippen molar-refractivity contribution in [3.8, 4) is 0 Å². The second-order valence-corrected chi connectivity index (χ2v) is 3.91. The zero-order valence-corrected chi connectivity index (χ0v) is 9.41. The van der Waals surface area contributed by atoms with E-state index in [0.717, 1.165) is 4.90 Å². The van der Waals surface area contributed by atoms with Gasteiger partial charge in [-0.05, 0) is 18.4 Å². The summed E-state index contributed by atoms with van der Waals surface area (Å²) in [6.45, 7) is 1.67. The molecular formula is C11H12F2OS. The zero-order valence-electron chi connectivity index (χ0n) is 8.59. The van der Waals surface area contributed by atoms with Gasteiger partial charge in [0, 0.05) is 22.4 Å². The number of hydrogen-bond donors (Lipinski definition) is 0. The third kappa shape index (κ3) is 2.78. The predicted octanol–water partition coefficient (Wildman–Crippen LogP) is 3.94. The summed E-state index contributed by atoms with van der Waals surface area (Å²) in [6, 6.07) is 4.48. The number of hydrogen-bond acceptors (Lipinski definition) is 2. The number of benzene rings is 1. The number of rotatable bonds is 4. The first-order valence-corrected chi connectivity index (χ1v) is 5.82. The van der Waals surface area contributed by atoms with Gasteiger partial charge in [0.05, 0.1) is 0 Å². The maximum atomic E-state index is 12.6. The molecule has 0 spiro atoms. The Balaban J connectivity index is 3.22. The number of Topliss-reactive ketones (excluding diaryl/α,β-unsaturated/α-hetero) is 1. The molecule has 1 aromatic rings. The van der Waals surface area contributed by atoms with Gasteiger partial charge in [0.25, 0.3) is 6.43 Å². The Morgan fingerprint density at radius 3 is 2.60 bits per heavy atom. The Labute approximate surface area is 91.9 Å². The molecule has 0 amide bonds. The maximum Gasteiger partial charge on any atom is 0.264 e. The minimum Gasteiger partial charge on any atom is -0.294 e. The highest BCUT2D eigenvalue weighted by atomic mass is 32.2. The van der Waals surface area contributed by atoms with Gasteiger partial charge in [-0.25, -0.2) is 8.78 Å². The summed E-state index contributed by atoms with van der Waals surface area (Å²) >= 11 is 1.43. The highest BCUT2D eigenvalue weighted by Crippen LogP contribution is 2.27. The predicted molar refractivity (Wildman–Crippen MR) is 57.8 cm³/mol. The summed E-state index contributed by atoms with van der Waals surface area (Å²) in [4.78, 5) is 12.3. The molecule has 0 heterocycles. The third-order valence-corrected chi connectivity index (χ3v) is 2.84. The van der Waals surface area contributed by atoms with E-state index < -0.39 is 6.43 Å². The van der Waals surface area contributed by atoms with Gasteiger partial charge in [-0.3, -0.25) is 4.79 Å². The van der Waals surface area contributed by atoms with Crippen LogP contribution < -0.4 is 0 Å². The van der Waals surface area contributed by atoms with E-state index in [4.69, 9.17) is 0 Å². The molecule has 0 aromatic heterocycles. The van der Waals surface area contributed by atoms with Crippen LogP contribution in [0.25, 0.3) is 0 Å². The molecule has 15 heavy (non-hydrogen) atoms. The van der Waals surface area contributed by atoms with Gasteiger partial charge in [-0.1, -0.05) is 13.0 Å². The third-order valence-electron chi connectivity index (χ3n) is 2.12. The molecule has 82 valence electrons. The van der Waals surface area contributed by atoms with E-state index in [0.29, 0.717) is 0 Å². The smallest absolute Gasteiger partial charge is 0.264 e. The quantitative estimate of drug-likeness (QED) is 0.575. The first-order valence-electron chi connectivity index (χ1n) is 4.59. The van der Waals surface area contributed by atoms with Crippen LogP contribution in [0, 0.1) is 0 Å². The lowest BCUT2D eigenvalue weighted by molar-refractivity contribution is 0.0974. The molecule has 0 aliphatic rings. The summed E-state index contributed by atoms with van der Waals surface area (Å²) < 4.78 is 25.2. The molecule has 0 unspecified atom stereocenters. The topological polar surface area (TPSA) is 17.1 Å². The molecule has 0 radical (unpaired) electrons. The molecule has 0 saturated heterocycles. The van der Waals surface area contributed by atoms with Crippen molar-refractivity contribution >= 4 is 17.5 Å². The van der Waals surface area contributed by atoms with Gasteiger partial charge in [0.15, 0.2) is 5.78 Å². The molecule has 0 aliphatic carbocycles. The first kappa shape index (κ1) is 12.2. The number of ketones is 1. The van der Waals surface area contributed by atoms with Crippen molar-refractivity contribution < 1.29 is 13.6 Å². The molecule has 1 nitrogen and oxygen atoms in total. The lowest BCUT2D eigenvalue weighted by Gasteiger charge is -2.08. The van der Waals surface area contributed by atoms with E-state index in [1.807, 2.05) is 6.26 Å². The Bertz CT molecular complexity index is 364. The van der Waals surface area contributed by atoms with Gasteiger partial charge in [0.1, 0.15) is 0 Å². The summed E-state index contributed by atoms with van der Waals surface area (Å²) in [7, 11) is 0. The lowest BCUT2D eigenvalue weighted by Crippen LogP contribution is -2.03. The average molecular weight is 230 g/mol. The van der Waals surface area contributed by atoms with E-state index in [9.17, 15) is 13.6 Å². The largest absolute Gasteiger partial charge is 0.294 e. The number of thioether (sulfide) groups is 1. The fraction of sp³-hybridized carbons (Fsp3) is 0.364. The van der Waals surface area contributed by atoms with Crippen molar-refractivity contribution in [3.63, 3.8) is 0 Å². The Morgan fingerprint density at radius 1 is 1.47 bits per heavy atom. The first-order chi connectivity index (χ1) is 7.10. The maximum absolute atomic E-state index is 12.6. The van der Waals surface area contributed by atoms with Gasteiger partial charge in [-0.15, -0.1) is 11.8 Å². The summed E-state index contributed by atoms with van der Waals surface area (Å²) in [5.74, 6) is -0.235. The highest BCUT2D eigenvalue weighted by molar-refractivity contribution is 7.98. The fourth-order valence-corrected chi connectivity index (χ4v) is 1.72. The molecule has 0 saturated carbocycles. The second kappa shape index (κ2) is 5.26. The normalized spacial score (nSPS) is 10.7. The molecule has 0 bridgehead atoms. The average Bonchev–Trinajstić information content (AvgIpc) is 2.26. The summed E-state index contributed by atoms with van der Waals surface area (Å²) in [5, 5.41) is 0. The standard InChI is InChI=1S/C11H12F2OS/c1-3-10(14)9-6-7(15-2)4-5-8(9)11(12)13/h4-6,11H,3H2,1-2H3. The minimum atomic E-state index is -2.59. The van der Waals surface area contributed by atoms with Crippen LogP contribution in [0.3, 0.4) is 0 Å². The number of halogens is 2. The van der Waals surface area contributed by atoms with Crippen LogP contribution in [0.2, 0.25) is 0 Å². The van der Waals surface area contributed by atoms with E-state index in [1.54, 1.807) is 13.0 Å². The van der Waals surface area contributed by atoms with Gasteiger partial charge < -0.3 is 0 Å². The molecule has 1 aromatic carbocycles. The molecule has 0 aliphatic heterocycles. The van der Waals surface area contributed by atoms with E-state index >= 15 is 0 Å². The van der Waals surface area contributed by atoms with Gasteiger partial charge in [0.2, 0.25) is 0 Å². The van der Waals surface area contributed by atoms with Crippen molar-refractivity contribution in [2.24, 2.45) is 0 Å². The molecule has 0 atom stereocenters. The van der Waals surface area contributed by atoms with Crippen molar-refractivity contribution in [2.45, 2.75) is 24.7 Å². The highest BCUT2D eigenvalue weighted by Gasteiger charge is 2.17. The van der Waals surface area contributed by atoms with Gasteiger partial charge >= 0.3 is 0 Å². The summed E-state index contributed by atoms with van der Waals surface area (Å²) in [6.07, 6.45) is -0.499. The number of carbonyl (C=O) groups excluding carboxylic acids is 1. The van der Waals surface area contributed by atoms with Crippen molar-refractivity contribution in [3.05, 3.63) is 29.3 Å². The van der Waals surface area contributed by atoms with Crippen LogP contribution >= 0.6 is 11.8 Å². The van der Waals surface area contributed by atoms with E-state index in [2.05, 4.69) is 0 Å². The summed E-state index contributed by atoms with van der Waals surface area (Å²) in [5.41, 5.74) is -0.0148. The van der Waals surface area contributed by atoms with Crippen LogP contribution in [0.4, 0.5) is 8.78 Å². The van der Waals surface area contributed by atoms with Crippen molar-refractivity contribution in [1.82, 2.24) is 0 Å². The molecule has 0 N–H and O–H groups in total. The molecule has 0 fully saturated rings. The minimum absolute atomic E-state index is 0.152. The monoisotopic (exact) mass is 230 g/mol. The Morgan fingerprint density at radius 2 is 2.13 bits per heavy atom. The van der Waals surface area contributed by atoms with E-state index in [1.165, 1.54) is 23.9 Å². The number of alkyl halides is 2. The Hall–Kier alpha value is -0.900. The van der Waals surface area contributed by atoms with Crippen LogP contribution in [0.1, 0.15) is 35.7 Å². The van der Waals surface area contributed by atoms with Crippen molar-refractivity contribution in [2.75, 3.05) is 6.26 Å². The zero-order chi connectivity index (χ0) is 11.4. The van der Waals surface area contributed by atoms with E-state index in [-0.39, 0.29) is 23.3 Å². The number of carbonyl (C=O) groups is 1. The van der Waals surface area contributed by atoms with Crippen LogP contribution in [0.15, 0.2) is 23.1 Å². The molecule has 1 rings (SSSR count). The fourth-order valence-electron chi connectivity index (χ4n) is 1.28. The lowest BCUT2D eigenvalue weighted by atomic mass is 10.0. The molecule has 4 heteroatoms. The van der Waals surface area contributed by atoms with Crippen molar-refractivity contribution in [1.29, 1.82) is 0 Å². The van der Waals surface area contributed by atoms with Crippen LogP contribution in [0.5, 0.6) is 0 Å². The van der Waals surface area contributed by atoms with Crippen LogP contribution in [-0.2, 0) is 0 Å².